The van der Waals surface area contributed by atoms with Crippen molar-refractivity contribution in [3.8, 4) is 33.4 Å². The highest BCUT2D eigenvalue weighted by atomic mass is 14.2. The van der Waals surface area contributed by atoms with Crippen molar-refractivity contribution >= 4 is 64.6 Å². The summed E-state index contributed by atoms with van der Waals surface area (Å²) >= 11 is 0. The van der Waals surface area contributed by atoms with Gasteiger partial charge < -0.3 is 0 Å². The molecular weight excluding hydrogens is 528 g/mol. The molecule has 0 heterocycles. The molecule has 0 aliphatic heterocycles. The number of benzene rings is 10. The highest BCUT2D eigenvalue weighted by Gasteiger charge is 2.14. The molecule has 0 aliphatic rings. The lowest BCUT2D eigenvalue weighted by atomic mass is 9.88. The van der Waals surface area contributed by atoms with E-state index in [0.29, 0.717) is 0 Å². The van der Waals surface area contributed by atoms with Gasteiger partial charge in [0.05, 0.1) is 32.9 Å². The van der Waals surface area contributed by atoms with Crippen molar-refractivity contribution in [2.45, 2.75) is 0 Å². The molecule has 0 bridgehead atoms. The van der Waals surface area contributed by atoms with Gasteiger partial charge in [0.1, 0.15) is 0 Å². The maximum atomic E-state index is 9.56. The van der Waals surface area contributed by atoms with Gasteiger partial charge in [0.2, 0.25) is 0 Å². The average molecular weight is 579 g/mol. The van der Waals surface area contributed by atoms with Crippen LogP contribution in [0.3, 0.4) is 0 Å². The van der Waals surface area contributed by atoms with Crippen molar-refractivity contribution in [1.29, 1.82) is 0 Å². The van der Waals surface area contributed by atoms with Crippen LogP contribution < -0.4 is 0 Å². The molecule has 0 nitrogen and oxygen atoms in total. The quantitative estimate of drug-likeness (QED) is 0.183. The fourth-order valence-corrected chi connectivity index (χ4v) is 5.79. The van der Waals surface area contributed by atoms with E-state index >= 15 is 0 Å². The van der Waals surface area contributed by atoms with Gasteiger partial charge in [-0.1, -0.05) is 151 Å². The molecule has 202 valence electrons. The average Bonchev–Trinajstić information content (AvgIpc) is 3.29. The first-order valence-electron chi connectivity index (χ1n) is 25.4. The molecule has 0 heteroatoms. The van der Waals surface area contributed by atoms with E-state index in [9.17, 15) is 6.85 Å². The fourth-order valence-electron chi connectivity index (χ4n) is 5.79. The largest absolute Gasteiger partial charge is 0.0636 e. The monoisotopic (exact) mass is 578 g/mol. The number of hydrogen-bond acceptors (Lipinski definition) is 0. The molecule has 0 spiro atoms. The Morgan fingerprint density at radius 2 is 0.705 bits per heavy atom. The Balaban J connectivity index is 1.30. The predicted octanol–water partition coefficient (Wildman–Crippen LogP) is 12.5. The summed E-state index contributed by atoms with van der Waals surface area (Å²) in [4.78, 5) is 0. The topological polar surface area (TPSA) is 0 Å². The van der Waals surface area contributed by atoms with Crippen LogP contribution in [0.15, 0.2) is 157 Å². The summed E-state index contributed by atoms with van der Waals surface area (Å²) in [5, 5.41) is -3.39. The molecule has 0 amide bonds. The first-order chi connectivity index (χ1) is 31.8. The molecular formula is C44H26. The fraction of sp³-hybridized carbons (Fsp3) is 0. The van der Waals surface area contributed by atoms with Crippen molar-refractivity contribution < 1.29 is 32.9 Å². The summed E-state index contributed by atoms with van der Waals surface area (Å²) in [5.41, 5.74) is -2.75. The Morgan fingerprint density at radius 1 is 0.295 bits per heavy atom. The van der Waals surface area contributed by atoms with Crippen molar-refractivity contribution in [2.24, 2.45) is 0 Å². The molecule has 0 unspecified atom stereocenters. The second kappa shape index (κ2) is 8.89. The SMILES string of the molecule is [2H]c1c(-c2c([2H])c([2H])c([2H])c(-c3c([2H])c([2H])c4c([2H])c([2H])c5c([2H])c([2H])c([2H])c6c([2H])c([2H])c3c4c56)c2[2H])ccc(-c2c([2H])c([2H])c3c([2H])c([2H])c4c([2H])c([2H])c([2H])c5c([2H])c([2H])c2c3c45)c1[2H]. The van der Waals surface area contributed by atoms with Crippen LogP contribution in [0.5, 0.6) is 0 Å². The molecule has 0 saturated heterocycles. The highest BCUT2D eigenvalue weighted by molar-refractivity contribution is 6.26. The van der Waals surface area contributed by atoms with Gasteiger partial charge in [0.25, 0.3) is 0 Å². The van der Waals surface area contributed by atoms with Crippen molar-refractivity contribution in [1.82, 2.24) is 0 Å². The van der Waals surface area contributed by atoms with Crippen LogP contribution in [-0.2, 0) is 0 Å². The predicted molar refractivity (Wildman–Crippen MR) is 190 cm³/mol. The molecule has 0 saturated carbocycles. The summed E-state index contributed by atoms with van der Waals surface area (Å²) in [5.74, 6) is 0. The van der Waals surface area contributed by atoms with Gasteiger partial charge in [-0.05, 0) is 104 Å². The van der Waals surface area contributed by atoms with E-state index in [1.807, 2.05) is 0 Å². The molecule has 0 aromatic heterocycles. The third-order valence-corrected chi connectivity index (χ3v) is 7.79. The molecule has 0 fully saturated rings. The van der Waals surface area contributed by atoms with E-state index in [4.69, 9.17) is 26.0 Å². The van der Waals surface area contributed by atoms with Crippen molar-refractivity contribution in [3.05, 3.63) is 157 Å². The third kappa shape index (κ3) is 3.34. The van der Waals surface area contributed by atoms with Crippen LogP contribution in [0.1, 0.15) is 32.9 Å². The zero-order chi connectivity index (χ0) is 49.7. The summed E-state index contributed by atoms with van der Waals surface area (Å²) in [7, 11) is 0. The lowest BCUT2D eigenvalue weighted by molar-refractivity contribution is 1.60. The van der Waals surface area contributed by atoms with E-state index in [-0.39, 0.29) is 75.9 Å². The van der Waals surface area contributed by atoms with E-state index in [1.54, 1.807) is 0 Å². The van der Waals surface area contributed by atoms with Crippen LogP contribution in [0.2, 0.25) is 0 Å². The van der Waals surface area contributed by atoms with Gasteiger partial charge in [-0.3, -0.25) is 0 Å². The van der Waals surface area contributed by atoms with Crippen molar-refractivity contribution in [3.63, 3.8) is 0 Å². The maximum Gasteiger partial charge on any atom is 0.0636 e. The van der Waals surface area contributed by atoms with E-state index < -0.39 is 167 Å². The maximum absolute atomic E-state index is 9.56. The van der Waals surface area contributed by atoms with E-state index in [1.165, 1.54) is 6.07 Å². The van der Waals surface area contributed by atoms with Gasteiger partial charge >= 0.3 is 0 Å². The minimum atomic E-state index is -0.871. The number of hydrogen-bond donors (Lipinski definition) is 0. The van der Waals surface area contributed by atoms with Gasteiger partial charge in [-0.2, -0.15) is 0 Å². The second-order valence-corrected chi connectivity index (χ2v) is 10.2. The van der Waals surface area contributed by atoms with Crippen LogP contribution in [-0.4, -0.2) is 0 Å². The summed E-state index contributed by atoms with van der Waals surface area (Å²) in [6.07, 6.45) is 0. The highest BCUT2D eigenvalue weighted by Crippen LogP contribution is 2.41. The van der Waals surface area contributed by atoms with Crippen molar-refractivity contribution in [2.75, 3.05) is 0 Å². The summed E-state index contributed by atoms with van der Waals surface area (Å²) in [6.45, 7) is 0. The number of rotatable bonds is 3. The molecule has 0 aliphatic carbocycles. The van der Waals surface area contributed by atoms with Gasteiger partial charge in [-0.15, -0.1) is 0 Å². The minimum Gasteiger partial charge on any atom is -0.0610 e. The van der Waals surface area contributed by atoms with E-state index in [0.717, 1.165) is 6.07 Å². The van der Waals surface area contributed by atoms with Gasteiger partial charge in [0.15, 0.2) is 0 Å². The molecule has 0 radical (unpaired) electrons. The Kier molecular flexibility index (Phi) is 2.12. The molecule has 0 N–H and O–H groups in total. The summed E-state index contributed by atoms with van der Waals surface area (Å²) in [6, 6.07) is -14.5. The van der Waals surface area contributed by atoms with Crippen LogP contribution in [0.25, 0.3) is 98.0 Å². The molecule has 10 aromatic carbocycles. The smallest absolute Gasteiger partial charge is 0.0610 e. The lowest BCUT2D eigenvalue weighted by Crippen LogP contribution is -1.88. The third-order valence-electron chi connectivity index (χ3n) is 7.79. The Morgan fingerprint density at radius 3 is 1.30 bits per heavy atom. The molecule has 0 atom stereocenters. The minimum absolute atomic E-state index is 0.138. The Hall–Kier alpha value is -5.72. The normalized spacial score (nSPS) is 19.7. The lowest BCUT2D eigenvalue weighted by Gasteiger charge is -2.15. The molecule has 10 rings (SSSR count). The molecule has 44 heavy (non-hydrogen) atoms. The van der Waals surface area contributed by atoms with Crippen LogP contribution >= 0.6 is 0 Å². The van der Waals surface area contributed by atoms with Crippen LogP contribution in [0.4, 0.5) is 0 Å². The standard InChI is InChI=1S/C44H26/c1-4-29-14-16-33-18-22-37(39-24-20-31(6-1)41(29)43(33)39)28-12-10-27(11-13-28)35-8-3-9-36(26-35)38-23-19-34-17-15-30-5-2-7-32-21-25-40(38)44(34)42(30)32/h1-26H/i1D,2D,3D,4D,5D,6D,7D,8D,9D,10D,12D,14D,15D,16D,17D,18D,19D,20D,21D,22D,23D,24D,25D,26D. The first-order valence-corrected chi connectivity index (χ1v) is 13.4. The van der Waals surface area contributed by atoms with Gasteiger partial charge in [-0.25, -0.2) is 0 Å². The van der Waals surface area contributed by atoms with Crippen LogP contribution in [0, 0.1) is 0 Å². The second-order valence-electron chi connectivity index (χ2n) is 10.2. The van der Waals surface area contributed by atoms with Gasteiger partial charge in [0, 0.05) is 0 Å². The Bertz CT molecular complexity index is 4010. The van der Waals surface area contributed by atoms with E-state index in [2.05, 4.69) is 0 Å². The zero-order valence-corrected chi connectivity index (χ0v) is 22.2. The summed E-state index contributed by atoms with van der Waals surface area (Å²) < 4.78 is 215. The zero-order valence-electron chi connectivity index (χ0n) is 46.2. The molecule has 10 aromatic rings. The Labute approximate surface area is 288 Å². The first kappa shape index (κ1) is 10.5.